The first-order chi connectivity index (χ1) is 13.7. The summed E-state index contributed by atoms with van der Waals surface area (Å²) in [7, 11) is -3.57. The Balaban J connectivity index is 2.35. The predicted octanol–water partition coefficient (Wildman–Crippen LogP) is 2.20. The predicted molar refractivity (Wildman–Crippen MR) is 111 cm³/mol. The molecule has 0 bridgehead atoms. The van der Waals surface area contributed by atoms with Crippen molar-refractivity contribution in [2.75, 3.05) is 0 Å². The molecule has 0 saturated carbocycles. The number of carbonyl (C=O) groups excluding carboxylic acids is 2. The standard InChI is InChI=1S/C19H24N2O7S2/c1-11(2)14(17(23)24)21-15(22)13(20-18(25)28-19(3,4)5)16(21)29-30(26,27)12-9-7-6-8-10-12/h6-10,13-14,16H,1H2,2-5H3,(H,20,25)(H,23,24). The normalized spacial score (nSPS) is 20.1. The Morgan fingerprint density at radius 3 is 2.30 bits per heavy atom. The molecule has 30 heavy (non-hydrogen) atoms. The fourth-order valence-electron chi connectivity index (χ4n) is 2.77. The van der Waals surface area contributed by atoms with E-state index in [2.05, 4.69) is 11.9 Å². The zero-order valence-electron chi connectivity index (χ0n) is 17.0. The van der Waals surface area contributed by atoms with Gasteiger partial charge in [-0.1, -0.05) is 24.8 Å². The monoisotopic (exact) mass is 456 g/mol. The minimum Gasteiger partial charge on any atom is -0.479 e. The van der Waals surface area contributed by atoms with Crippen molar-refractivity contribution in [1.29, 1.82) is 0 Å². The van der Waals surface area contributed by atoms with Crippen LogP contribution >= 0.6 is 10.8 Å². The van der Waals surface area contributed by atoms with E-state index in [0.717, 1.165) is 4.90 Å². The Kier molecular flexibility index (Phi) is 6.87. The maximum Gasteiger partial charge on any atom is 0.408 e. The van der Waals surface area contributed by atoms with Crippen LogP contribution in [-0.2, 0) is 23.2 Å². The number of carboxylic acids is 1. The molecule has 164 valence electrons. The molecule has 2 amide bonds. The molecule has 2 N–H and O–H groups in total. The summed E-state index contributed by atoms with van der Waals surface area (Å²) in [6.07, 6.45) is -0.912. The maximum absolute atomic E-state index is 12.8. The summed E-state index contributed by atoms with van der Waals surface area (Å²) >= 11 is 0. The average Bonchev–Trinajstić information content (AvgIpc) is 2.61. The number of benzene rings is 1. The largest absolute Gasteiger partial charge is 0.479 e. The summed E-state index contributed by atoms with van der Waals surface area (Å²) in [5.41, 5.74) is -0.689. The number of hydrogen-bond acceptors (Lipinski definition) is 7. The number of nitrogens with zero attached hydrogens (tertiary/aromatic N) is 1. The van der Waals surface area contributed by atoms with E-state index in [1.807, 2.05) is 0 Å². The summed E-state index contributed by atoms with van der Waals surface area (Å²) in [6.45, 7) is 9.92. The molecule has 0 radical (unpaired) electrons. The van der Waals surface area contributed by atoms with E-state index in [9.17, 15) is 27.9 Å². The fraction of sp³-hybridized carbons (Fsp3) is 0.421. The number of alkyl carbamates (subject to hydrolysis) is 1. The van der Waals surface area contributed by atoms with Crippen molar-refractivity contribution in [3.05, 3.63) is 42.5 Å². The van der Waals surface area contributed by atoms with Gasteiger partial charge in [-0.2, -0.15) is 0 Å². The first-order valence-electron chi connectivity index (χ1n) is 8.93. The van der Waals surface area contributed by atoms with E-state index in [1.165, 1.54) is 19.1 Å². The van der Waals surface area contributed by atoms with Crippen LogP contribution in [0.15, 0.2) is 47.4 Å². The fourth-order valence-corrected chi connectivity index (χ4v) is 6.30. The highest BCUT2D eigenvalue weighted by atomic mass is 33.1. The molecule has 3 atom stereocenters. The molecule has 0 aliphatic carbocycles. The number of amides is 2. The first kappa shape index (κ1) is 23.7. The number of carbonyl (C=O) groups is 3. The van der Waals surface area contributed by atoms with Crippen molar-refractivity contribution in [3.63, 3.8) is 0 Å². The number of ether oxygens (including phenoxy) is 1. The molecule has 1 saturated heterocycles. The Labute approximate surface area is 178 Å². The number of likely N-dealkylation sites (tertiary alicyclic amines) is 1. The molecule has 1 aromatic rings. The molecular weight excluding hydrogens is 432 g/mol. The van der Waals surface area contributed by atoms with Crippen LogP contribution in [0.2, 0.25) is 0 Å². The van der Waals surface area contributed by atoms with Crippen molar-refractivity contribution in [3.8, 4) is 0 Å². The molecule has 3 unspecified atom stereocenters. The van der Waals surface area contributed by atoms with Gasteiger partial charge in [0.15, 0.2) is 6.04 Å². The van der Waals surface area contributed by atoms with E-state index in [0.29, 0.717) is 10.8 Å². The summed E-state index contributed by atoms with van der Waals surface area (Å²) in [5.74, 6) is -2.09. The van der Waals surface area contributed by atoms with E-state index in [-0.39, 0.29) is 10.5 Å². The lowest BCUT2D eigenvalue weighted by Crippen LogP contribution is -2.73. The average molecular weight is 457 g/mol. The van der Waals surface area contributed by atoms with Crippen LogP contribution < -0.4 is 5.32 Å². The molecule has 0 aromatic heterocycles. The topological polar surface area (TPSA) is 130 Å². The van der Waals surface area contributed by atoms with Crippen LogP contribution in [0.5, 0.6) is 0 Å². The molecule has 1 aliphatic rings. The third-order valence-electron chi connectivity index (χ3n) is 3.99. The second kappa shape index (κ2) is 8.68. The highest BCUT2D eigenvalue weighted by molar-refractivity contribution is 8.72. The van der Waals surface area contributed by atoms with Gasteiger partial charge in [-0.15, -0.1) is 0 Å². The Morgan fingerprint density at radius 1 is 1.27 bits per heavy atom. The van der Waals surface area contributed by atoms with E-state index >= 15 is 0 Å². The number of hydrogen-bond donors (Lipinski definition) is 2. The minimum absolute atomic E-state index is 0.00693. The van der Waals surface area contributed by atoms with Crippen LogP contribution in [0.25, 0.3) is 0 Å². The number of aliphatic carboxylic acids is 1. The first-order valence-corrected chi connectivity index (χ1v) is 11.8. The molecule has 1 fully saturated rings. The second-order valence-corrected chi connectivity index (χ2v) is 11.7. The zero-order valence-corrected chi connectivity index (χ0v) is 18.6. The Bertz CT molecular complexity index is 941. The van der Waals surface area contributed by atoms with Gasteiger partial charge in [0.05, 0.1) is 4.90 Å². The highest BCUT2D eigenvalue weighted by Gasteiger charge is 2.55. The highest BCUT2D eigenvalue weighted by Crippen LogP contribution is 2.39. The van der Waals surface area contributed by atoms with Crippen LogP contribution in [0.4, 0.5) is 4.79 Å². The molecular formula is C19H24N2O7S2. The smallest absolute Gasteiger partial charge is 0.408 e. The zero-order chi connectivity index (χ0) is 22.9. The van der Waals surface area contributed by atoms with Crippen molar-refractivity contribution >= 4 is 37.6 Å². The SMILES string of the molecule is C=C(C)C(C(=O)O)N1C(=O)C(NC(=O)OC(C)(C)C)C1SS(=O)(=O)c1ccccc1. The summed E-state index contributed by atoms with van der Waals surface area (Å²) in [5, 5.41) is 10.7. The number of nitrogens with one attached hydrogen (secondary N) is 1. The van der Waals surface area contributed by atoms with E-state index in [1.54, 1.807) is 39.0 Å². The van der Waals surface area contributed by atoms with Gasteiger partial charge in [-0.3, -0.25) is 4.79 Å². The molecule has 0 spiro atoms. The maximum atomic E-state index is 12.8. The van der Waals surface area contributed by atoms with Gasteiger partial charge in [-0.05, 0) is 45.4 Å². The van der Waals surface area contributed by atoms with Gasteiger partial charge in [-0.25, -0.2) is 18.0 Å². The minimum atomic E-state index is -3.96. The van der Waals surface area contributed by atoms with Crippen molar-refractivity contribution in [2.45, 2.75) is 55.6 Å². The molecule has 1 heterocycles. The molecule has 11 heteroatoms. The van der Waals surface area contributed by atoms with Gasteiger partial charge < -0.3 is 20.1 Å². The van der Waals surface area contributed by atoms with E-state index < -0.39 is 49.9 Å². The van der Waals surface area contributed by atoms with Crippen LogP contribution in [0.3, 0.4) is 0 Å². The molecule has 1 aromatic carbocycles. The summed E-state index contributed by atoms with van der Waals surface area (Å²) in [6, 6.07) is 4.80. The number of carboxylic acid groups (broad SMARTS) is 1. The van der Waals surface area contributed by atoms with Gasteiger partial charge in [0.1, 0.15) is 17.0 Å². The van der Waals surface area contributed by atoms with E-state index in [4.69, 9.17) is 4.74 Å². The lowest BCUT2D eigenvalue weighted by atomic mass is 9.99. The molecule has 2 rings (SSSR count). The Morgan fingerprint density at radius 2 is 1.83 bits per heavy atom. The van der Waals surface area contributed by atoms with Crippen molar-refractivity contribution in [2.24, 2.45) is 0 Å². The molecule has 9 nitrogen and oxygen atoms in total. The quantitative estimate of drug-likeness (QED) is 0.363. The van der Waals surface area contributed by atoms with Crippen LogP contribution in [0, 0.1) is 0 Å². The van der Waals surface area contributed by atoms with Gasteiger partial charge in [0.2, 0.25) is 14.8 Å². The molecule has 1 aliphatic heterocycles. The second-order valence-electron chi connectivity index (χ2n) is 7.71. The van der Waals surface area contributed by atoms with Crippen molar-refractivity contribution in [1.82, 2.24) is 10.2 Å². The lowest BCUT2D eigenvalue weighted by molar-refractivity contribution is -0.158. The summed E-state index contributed by atoms with van der Waals surface area (Å²) < 4.78 is 30.8. The van der Waals surface area contributed by atoms with Gasteiger partial charge in [0, 0.05) is 10.8 Å². The lowest BCUT2D eigenvalue weighted by Gasteiger charge is -2.48. The van der Waals surface area contributed by atoms with Gasteiger partial charge in [0.25, 0.3) is 0 Å². The third-order valence-corrected chi connectivity index (χ3v) is 7.72. The van der Waals surface area contributed by atoms with Gasteiger partial charge >= 0.3 is 12.1 Å². The number of rotatable bonds is 7. The summed E-state index contributed by atoms with van der Waals surface area (Å²) in [4.78, 5) is 37.4. The van der Waals surface area contributed by atoms with Crippen LogP contribution in [0.1, 0.15) is 27.7 Å². The van der Waals surface area contributed by atoms with Crippen molar-refractivity contribution < 1.29 is 32.6 Å². The Hall–Kier alpha value is -2.53. The third kappa shape index (κ3) is 5.33. The number of β-lactam (4-membered cyclic amide) rings is 1. The van der Waals surface area contributed by atoms with Crippen LogP contribution in [-0.4, -0.2) is 59.5 Å².